The van der Waals surface area contributed by atoms with Crippen LogP contribution in [-0.2, 0) is 0 Å². The van der Waals surface area contributed by atoms with E-state index in [0.717, 1.165) is 23.8 Å². The summed E-state index contributed by atoms with van der Waals surface area (Å²) in [6, 6.07) is 4.66. The summed E-state index contributed by atoms with van der Waals surface area (Å²) in [5, 5.41) is 9.73. The summed E-state index contributed by atoms with van der Waals surface area (Å²) in [4.78, 5) is 7.05. The van der Waals surface area contributed by atoms with Gasteiger partial charge in [0.25, 0.3) is 0 Å². The molecule has 1 aliphatic heterocycles. The molecule has 3 nitrogen and oxygen atoms in total. The molecule has 1 N–H and O–H groups in total. The minimum absolute atomic E-state index is 0.409. The fraction of sp³-hybridized carbons (Fsp3) is 0.688. The first-order chi connectivity index (χ1) is 9.25. The van der Waals surface area contributed by atoms with E-state index < -0.39 is 6.10 Å². The first-order valence-corrected chi connectivity index (χ1v) is 7.66. The lowest BCUT2D eigenvalue weighted by Crippen LogP contribution is -2.47. The molecule has 0 spiro atoms. The maximum Gasteiger partial charge on any atom is 0.129 e. The molecule has 0 amide bonds. The molecule has 2 fully saturated rings. The lowest BCUT2D eigenvalue weighted by Gasteiger charge is -2.44. The van der Waals surface area contributed by atoms with Crippen molar-refractivity contribution in [1.29, 1.82) is 0 Å². The molecule has 1 saturated carbocycles. The van der Waals surface area contributed by atoms with Gasteiger partial charge in [0.15, 0.2) is 0 Å². The van der Waals surface area contributed by atoms with Crippen LogP contribution in [0.1, 0.15) is 57.1 Å². The second-order valence-corrected chi connectivity index (χ2v) is 6.07. The second kappa shape index (κ2) is 5.49. The van der Waals surface area contributed by atoms with Gasteiger partial charge in [0.05, 0.1) is 6.10 Å². The zero-order valence-electron chi connectivity index (χ0n) is 11.8. The van der Waals surface area contributed by atoms with Crippen molar-refractivity contribution >= 4 is 5.82 Å². The zero-order valence-corrected chi connectivity index (χ0v) is 11.8. The fourth-order valence-corrected chi connectivity index (χ4v) is 3.76. The SMILES string of the molecule is C[C@H](O)c1ccnc(N2CCC[C@H]3CCCC[C@H]32)c1. The Kier molecular flexibility index (Phi) is 3.74. The molecule has 3 atom stereocenters. The van der Waals surface area contributed by atoms with E-state index in [-0.39, 0.29) is 0 Å². The number of aliphatic hydroxyl groups is 1. The molecule has 0 aromatic carbocycles. The van der Waals surface area contributed by atoms with Crippen LogP contribution in [0.3, 0.4) is 0 Å². The van der Waals surface area contributed by atoms with Gasteiger partial charge in [-0.15, -0.1) is 0 Å². The number of fused-ring (bicyclic) bond motifs is 1. The molecule has 2 heterocycles. The van der Waals surface area contributed by atoms with Crippen LogP contribution in [0.4, 0.5) is 5.82 Å². The van der Waals surface area contributed by atoms with Gasteiger partial charge in [0.2, 0.25) is 0 Å². The average molecular weight is 260 g/mol. The number of rotatable bonds is 2. The Morgan fingerprint density at radius 3 is 2.89 bits per heavy atom. The van der Waals surface area contributed by atoms with Gasteiger partial charge in [0.1, 0.15) is 5.82 Å². The molecular weight excluding hydrogens is 236 g/mol. The normalized spacial score (nSPS) is 28.8. The minimum Gasteiger partial charge on any atom is -0.389 e. The Balaban J connectivity index is 1.85. The molecule has 2 aliphatic rings. The summed E-state index contributed by atoms with van der Waals surface area (Å²) in [5.74, 6) is 1.93. The van der Waals surface area contributed by atoms with E-state index in [9.17, 15) is 5.11 Å². The van der Waals surface area contributed by atoms with E-state index in [1.807, 2.05) is 19.2 Å². The third-order valence-corrected chi connectivity index (χ3v) is 4.79. The van der Waals surface area contributed by atoms with Gasteiger partial charge in [-0.05, 0) is 56.2 Å². The molecule has 1 saturated heterocycles. The summed E-state index contributed by atoms with van der Waals surface area (Å²) in [5.41, 5.74) is 0.975. The number of aromatic nitrogens is 1. The third-order valence-electron chi connectivity index (χ3n) is 4.79. The molecule has 104 valence electrons. The molecule has 3 heteroatoms. The van der Waals surface area contributed by atoms with Gasteiger partial charge in [-0.3, -0.25) is 0 Å². The largest absolute Gasteiger partial charge is 0.389 e. The van der Waals surface area contributed by atoms with E-state index in [2.05, 4.69) is 16.0 Å². The highest BCUT2D eigenvalue weighted by Gasteiger charge is 2.33. The first-order valence-electron chi connectivity index (χ1n) is 7.66. The number of anilines is 1. The monoisotopic (exact) mass is 260 g/mol. The molecule has 3 rings (SSSR count). The van der Waals surface area contributed by atoms with Crippen molar-refractivity contribution in [3.05, 3.63) is 23.9 Å². The summed E-state index contributed by atoms with van der Waals surface area (Å²) >= 11 is 0. The highest BCUT2D eigenvalue weighted by Crippen LogP contribution is 2.37. The summed E-state index contributed by atoms with van der Waals surface area (Å²) < 4.78 is 0. The topological polar surface area (TPSA) is 36.4 Å². The van der Waals surface area contributed by atoms with Crippen molar-refractivity contribution in [2.75, 3.05) is 11.4 Å². The molecule has 1 aromatic rings. The predicted molar refractivity (Wildman–Crippen MR) is 77.2 cm³/mol. The van der Waals surface area contributed by atoms with E-state index >= 15 is 0 Å². The van der Waals surface area contributed by atoms with Crippen LogP contribution in [0.5, 0.6) is 0 Å². The van der Waals surface area contributed by atoms with E-state index in [1.54, 1.807) is 0 Å². The molecule has 0 radical (unpaired) electrons. The molecular formula is C16H24N2O. The number of aliphatic hydroxyl groups excluding tert-OH is 1. The van der Waals surface area contributed by atoms with E-state index in [1.165, 1.54) is 38.5 Å². The Morgan fingerprint density at radius 2 is 2.05 bits per heavy atom. The highest BCUT2D eigenvalue weighted by atomic mass is 16.3. The van der Waals surface area contributed by atoms with Crippen LogP contribution in [0, 0.1) is 5.92 Å². The second-order valence-electron chi connectivity index (χ2n) is 6.07. The quantitative estimate of drug-likeness (QED) is 0.886. The number of nitrogens with zero attached hydrogens (tertiary/aromatic N) is 2. The number of hydrogen-bond donors (Lipinski definition) is 1. The van der Waals surface area contributed by atoms with Gasteiger partial charge in [-0.2, -0.15) is 0 Å². The lowest BCUT2D eigenvalue weighted by atomic mass is 9.78. The summed E-state index contributed by atoms with van der Waals surface area (Å²) in [7, 11) is 0. The van der Waals surface area contributed by atoms with Gasteiger partial charge in [0, 0.05) is 18.8 Å². The van der Waals surface area contributed by atoms with Gasteiger partial charge in [-0.25, -0.2) is 4.98 Å². The Bertz CT molecular complexity index is 431. The van der Waals surface area contributed by atoms with Crippen molar-refractivity contribution in [2.45, 2.75) is 57.6 Å². The maximum atomic E-state index is 9.73. The summed E-state index contributed by atoms with van der Waals surface area (Å²) in [6.45, 7) is 2.94. The van der Waals surface area contributed by atoms with Crippen LogP contribution < -0.4 is 4.90 Å². The van der Waals surface area contributed by atoms with Gasteiger partial charge >= 0.3 is 0 Å². The smallest absolute Gasteiger partial charge is 0.129 e. The average Bonchev–Trinajstić information content (AvgIpc) is 2.47. The Morgan fingerprint density at radius 1 is 1.26 bits per heavy atom. The van der Waals surface area contributed by atoms with E-state index in [4.69, 9.17) is 0 Å². The van der Waals surface area contributed by atoms with Crippen LogP contribution in [-0.4, -0.2) is 22.7 Å². The van der Waals surface area contributed by atoms with Crippen molar-refractivity contribution in [3.8, 4) is 0 Å². The van der Waals surface area contributed by atoms with Crippen molar-refractivity contribution in [3.63, 3.8) is 0 Å². The molecule has 0 bridgehead atoms. The third kappa shape index (κ3) is 2.62. The van der Waals surface area contributed by atoms with Crippen LogP contribution in [0.15, 0.2) is 18.3 Å². The zero-order chi connectivity index (χ0) is 13.2. The predicted octanol–water partition coefficient (Wildman–Crippen LogP) is 3.29. The fourth-order valence-electron chi connectivity index (χ4n) is 3.76. The Hall–Kier alpha value is -1.09. The molecule has 19 heavy (non-hydrogen) atoms. The minimum atomic E-state index is -0.409. The maximum absolute atomic E-state index is 9.73. The molecule has 1 aliphatic carbocycles. The van der Waals surface area contributed by atoms with Crippen molar-refractivity contribution < 1.29 is 5.11 Å². The van der Waals surface area contributed by atoms with Crippen LogP contribution in [0.2, 0.25) is 0 Å². The van der Waals surface area contributed by atoms with Gasteiger partial charge in [-0.1, -0.05) is 12.8 Å². The first kappa shape index (κ1) is 12.9. The summed E-state index contributed by atoms with van der Waals surface area (Å²) in [6.07, 6.45) is 9.55. The molecule has 0 unspecified atom stereocenters. The van der Waals surface area contributed by atoms with Crippen LogP contribution in [0.25, 0.3) is 0 Å². The van der Waals surface area contributed by atoms with Crippen molar-refractivity contribution in [1.82, 2.24) is 4.98 Å². The van der Waals surface area contributed by atoms with E-state index in [0.29, 0.717) is 6.04 Å². The lowest BCUT2D eigenvalue weighted by molar-refractivity contribution is 0.199. The highest BCUT2D eigenvalue weighted by molar-refractivity contribution is 5.43. The number of pyridine rings is 1. The Labute approximate surface area is 115 Å². The van der Waals surface area contributed by atoms with Crippen LogP contribution >= 0.6 is 0 Å². The number of hydrogen-bond acceptors (Lipinski definition) is 3. The number of piperidine rings is 1. The van der Waals surface area contributed by atoms with Crippen molar-refractivity contribution in [2.24, 2.45) is 5.92 Å². The standard InChI is InChI=1S/C16H24N2O/c1-12(19)14-8-9-17-16(11-14)18-10-4-6-13-5-2-3-7-15(13)18/h8-9,11-13,15,19H,2-7,10H2,1H3/t12-,13+,15+/m0/s1. The van der Waals surface area contributed by atoms with Gasteiger partial charge < -0.3 is 10.0 Å². The molecule has 1 aromatic heterocycles.